The van der Waals surface area contributed by atoms with E-state index in [9.17, 15) is 0 Å². The molecule has 0 saturated carbocycles. The van der Waals surface area contributed by atoms with Crippen molar-refractivity contribution >= 4 is 23.6 Å². The zero-order chi connectivity index (χ0) is 9.97. The second-order valence-corrected chi connectivity index (χ2v) is 4.17. The lowest BCUT2D eigenvalue weighted by atomic mass is 10.3. The smallest absolute Gasteiger partial charge is 0.176 e. The largest absolute Gasteiger partial charge is 0.495 e. The van der Waals surface area contributed by atoms with Gasteiger partial charge in [0.05, 0.1) is 13.3 Å². The van der Waals surface area contributed by atoms with Crippen LogP contribution in [0.3, 0.4) is 0 Å². The van der Waals surface area contributed by atoms with Crippen molar-refractivity contribution in [3.8, 4) is 16.5 Å². The second kappa shape index (κ2) is 3.85. The van der Waals surface area contributed by atoms with Gasteiger partial charge < -0.3 is 4.74 Å². The Morgan fingerprint density at radius 1 is 1.50 bits per heavy atom. The minimum Gasteiger partial charge on any atom is -0.495 e. The van der Waals surface area contributed by atoms with Gasteiger partial charge in [-0.15, -0.1) is 0 Å². The average Bonchev–Trinajstić information content (AvgIpc) is 2.65. The van der Waals surface area contributed by atoms with Crippen molar-refractivity contribution in [2.45, 2.75) is 0 Å². The Bertz CT molecular complexity index is 474. The number of H-pyrrole nitrogens is 1. The van der Waals surface area contributed by atoms with E-state index in [-0.39, 0.29) is 0 Å². The molecule has 14 heavy (non-hydrogen) atoms. The first-order valence-electron chi connectivity index (χ1n) is 3.85. The molecule has 0 fully saturated rings. The van der Waals surface area contributed by atoms with Crippen molar-refractivity contribution in [1.82, 2.24) is 15.2 Å². The lowest BCUT2D eigenvalue weighted by Gasteiger charge is -1.98. The van der Waals surface area contributed by atoms with Gasteiger partial charge in [0.25, 0.3) is 0 Å². The number of aromatic nitrogens is 3. The van der Waals surface area contributed by atoms with Crippen molar-refractivity contribution in [3.63, 3.8) is 0 Å². The highest BCUT2D eigenvalue weighted by atomic mass is 32.1. The predicted octanol–water partition coefficient (Wildman–Crippen LogP) is 2.27. The summed E-state index contributed by atoms with van der Waals surface area (Å²) >= 11 is 6.33. The fourth-order valence-electron chi connectivity index (χ4n) is 0.967. The van der Waals surface area contributed by atoms with E-state index in [1.807, 2.05) is 12.1 Å². The van der Waals surface area contributed by atoms with E-state index in [2.05, 4.69) is 15.2 Å². The lowest BCUT2D eigenvalue weighted by molar-refractivity contribution is 0.413. The van der Waals surface area contributed by atoms with E-state index in [0.717, 1.165) is 16.5 Å². The number of rotatable bonds is 2. The molecule has 0 aromatic carbocycles. The third-order valence-electron chi connectivity index (χ3n) is 1.63. The molecule has 2 aromatic rings. The van der Waals surface area contributed by atoms with Crippen LogP contribution in [0.25, 0.3) is 10.7 Å². The number of hydrogen-bond acceptors (Lipinski definition) is 5. The zero-order valence-corrected chi connectivity index (χ0v) is 8.98. The first kappa shape index (κ1) is 9.29. The van der Waals surface area contributed by atoms with Crippen LogP contribution < -0.4 is 4.74 Å². The molecular weight excluding hydrogens is 218 g/mol. The molecule has 0 aliphatic rings. The van der Waals surface area contributed by atoms with Crippen LogP contribution >= 0.6 is 23.6 Å². The van der Waals surface area contributed by atoms with E-state index in [1.165, 1.54) is 11.3 Å². The standard InChI is InChI=1S/C8H7N3OS2/c1-12-5-2-3-6(9-4-5)7-10-11-8(13)14-7/h2-4H,1H3,(H,11,13). The fraction of sp³-hybridized carbons (Fsp3) is 0.125. The maximum atomic E-state index is 5.00. The summed E-state index contributed by atoms with van der Waals surface area (Å²) in [5, 5.41) is 7.52. The molecule has 6 heteroatoms. The van der Waals surface area contributed by atoms with Gasteiger partial charge in [-0.3, -0.25) is 5.10 Å². The molecule has 0 aliphatic carbocycles. The Kier molecular flexibility index (Phi) is 2.55. The Hall–Kier alpha value is -1.27. The summed E-state index contributed by atoms with van der Waals surface area (Å²) in [5.74, 6) is 0.730. The third kappa shape index (κ3) is 1.80. The van der Waals surface area contributed by atoms with Crippen LogP contribution in [0.2, 0.25) is 0 Å². The Labute approximate surface area is 89.6 Å². The zero-order valence-electron chi connectivity index (χ0n) is 7.35. The molecule has 0 radical (unpaired) electrons. The molecule has 1 N–H and O–H groups in total. The van der Waals surface area contributed by atoms with E-state index >= 15 is 0 Å². The monoisotopic (exact) mass is 225 g/mol. The number of nitrogens with one attached hydrogen (secondary N) is 1. The number of nitrogens with zero attached hydrogens (tertiary/aromatic N) is 2. The quantitative estimate of drug-likeness (QED) is 0.797. The van der Waals surface area contributed by atoms with Crippen LogP contribution in [-0.4, -0.2) is 22.3 Å². The van der Waals surface area contributed by atoms with E-state index < -0.39 is 0 Å². The number of methoxy groups -OCH3 is 1. The highest BCUT2D eigenvalue weighted by Crippen LogP contribution is 2.20. The van der Waals surface area contributed by atoms with Crippen molar-refractivity contribution in [2.24, 2.45) is 0 Å². The van der Waals surface area contributed by atoms with Crippen molar-refractivity contribution in [1.29, 1.82) is 0 Å². The molecule has 0 atom stereocenters. The molecular formula is C8H7N3OS2. The first-order valence-corrected chi connectivity index (χ1v) is 5.08. The van der Waals surface area contributed by atoms with Crippen LogP contribution in [0, 0.1) is 3.95 Å². The van der Waals surface area contributed by atoms with Gasteiger partial charge in [0, 0.05) is 0 Å². The summed E-state index contributed by atoms with van der Waals surface area (Å²) in [5.41, 5.74) is 0.795. The van der Waals surface area contributed by atoms with Gasteiger partial charge in [-0.2, -0.15) is 5.10 Å². The van der Waals surface area contributed by atoms with Gasteiger partial charge in [0.2, 0.25) is 0 Å². The summed E-state index contributed by atoms with van der Waals surface area (Å²) in [4.78, 5) is 4.19. The first-order chi connectivity index (χ1) is 6.79. The second-order valence-electron chi connectivity index (χ2n) is 2.50. The van der Waals surface area contributed by atoms with Gasteiger partial charge in [-0.25, -0.2) is 4.98 Å². The third-order valence-corrected chi connectivity index (χ3v) is 2.74. The van der Waals surface area contributed by atoms with Crippen molar-refractivity contribution in [3.05, 3.63) is 22.3 Å². The van der Waals surface area contributed by atoms with Gasteiger partial charge in [0.15, 0.2) is 8.96 Å². The highest BCUT2D eigenvalue weighted by molar-refractivity contribution is 7.73. The summed E-state index contributed by atoms with van der Waals surface area (Å²) in [6.07, 6.45) is 1.65. The molecule has 0 aliphatic heterocycles. The van der Waals surface area contributed by atoms with E-state index in [0.29, 0.717) is 3.95 Å². The molecule has 0 saturated heterocycles. The summed E-state index contributed by atoms with van der Waals surface area (Å²) in [6, 6.07) is 3.69. The molecule has 2 heterocycles. The fourth-order valence-corrected chi connectivity index (χ4v) is 1.83. The van der Waals surface area contributed by atoms with Crippen molar-refractivity contribution < 1.29 is 4.74 Å². The predicted molar refractivity (Wildman–Crippen MR) is 57.1 cm³/mol. The molecule has 2 rings (SSSR count). The summed E-state index contributed by atoms with van der Waals surface area (Å²) in [6.45, 7) is 0. The SMILES string of the molecule is COc1ccc(-c2n[nH]c(=S)s2)nc1. The van der Waals surface area contributed by atoms with Crippen molar-refractivity contribution in [2.75, 3.05) is 7.11 Å². The molecule has 72 valence electrons. The molecule has 0 spiro atoms. The molecule has 0 amide bonds. The van der Waals surface area contributed by atoms with Crippen LogP contribution in [0.1, 0.15) is 0 Å². The lowest BCUT2D eigenvalue weighted by Crippen LogP contribution is -1.86. The number of pyridine rings is 1. The van der Waals surface area contributed by atoms with Crippen LogP contribution in [0.4, 0.5) is 0 Å². The van der Waals surface area contributed by atoms with Gasteiger partial charge >= 0.3 is 0 Å². The number of hydrogen-bond donors (Lipinski definition) is 1. The number of aromatic amines is 1. The minimum atomic E-state index is 0.651. The number of ether oxygens (including phenoxy) is 1. The van der Waals surface area contributed by atoms with Crippen LogP contribution in [0.5, 0.6) is 5.75 Å². The Balaban J connectivity index is 2.38. The average molecular weight is 225 g/mol. The maximum Gasteiger partial charge on any atom is 0.176 e. The van der Waals surface area contributed by atoms with E-state index in [4.69, 9.17) is 17.0 Å². The summed E-state index contributed by atoms with van der Waals surface area (Å²) < 4.78 is 5.65. The molecule has 4 nitrogen and oxygen atoms in total. The molecule has 0 unspecified atom stereocenters. The van der Waals surface area contributed by atoms with E-state index in [1.54, 1.807) is 13.3 Å². The topological polar surface area (TPSA) is 50.8 Å². The van der Waals surface area contributed by atoms with Gasteiger partial charge in [-0.05, 0) is 24.4 Å². The normalized spacial score (nSPS) is 10.1. The van der Waals surface area contributed by atoms with Crippen LogP contribution in [-0.2, 0) is 0 Å². The van der Waals surface area contributed by atoms with Gasteiger partial charge in [0.1, 0.15) is 11.4 Å². The van der Waals surface area contributed by atoms with Gasteiger partial charge in [-0.1, -0.05) is 11.3 Å². The summed E-state index contributed by atoms with van der Waals surface area (Å²) in [7, 11) is 1.61. The molecule has 0 bridgehead atoms. The Morgan fingerprint density at radius 2 is 2.36 bits per heavy atom. The molecule has 2 aromatic heterocycles. The Morgan fingerprint density at radius 3 is 2.86 bits per heavy atom. The highest BCUT2D eigenvalue weighted by Gasteiger charge is 2.03. The maximum absolute atomic E-state index is 5.00. The van der Waals surface area contributed by atoms with Crippen LogP contribution in [0.15, 0.2) is 18.3 Å². The minimum absolute atomic E-state index is 0.651.